The number of hydrogen-bond acceptors (Lipinski definition) is 1. The average Bonchev–Trinajstić information content (AvgIpc) is 2.51. The lowest BCUT2D eigenvalue weighted by Gasteiger charge is -2.38. The number of rotatable bonds is 2. The molecule has 3 rings (SSSR count). The van der Waals surface area contributed by atoms with Crippen molar-refractivity contribution in [3.63, 3.8) is 0 Å². The zero-order valence-electron chi connectivity index (χ0n) is 12.0. The fourth-order valence-corrected chi connectivity index (χ4v) is 3.09. The molecule has 0 amide bonds. The van der Waals surface area contributed by atoms with Gasteiger partial charge in [0.2, 0.25) is 0 Å². The van der Waals surface area contributed by atoms with Crippen LogP contribution in [0.5, 0.6) is 0 Å². The van der Waals surface area contributed by atoms with E-state index in [2.05, 4.69) is 10.3 Å². The van der Waals surface area contributed by atoms with Gasteiger partial charge in [-0.15, -0.1) is 0 Å². The maximum atomic E-state index is 14.4. The van der Waals surface area contributed by atoms with Crippen molar-refractivity contribution < 1.29 is 4.39 Å². The number of fused-ring (bicyclic) bond motifs is 1. The van der Waals surface area contributed by atoms with E-state index in [0.717, 1.165) is 17.6 Å². The number of hydrogen-bond donors (Lipinski definition) is 1. The molecule has 22 heavy (non-hydrogen) atoms. The minimum Gasteiger partial charge on any atom is -0.358 e. The third kappa shape index (κ3) is 2.83. The van der Waals surface area contributed by atoms with Crippen molar-refractivity contribution in [2.45, 2.75) is 25.4 Å². The first-order chi connectivity index (χ1) is 10.5. The van der Waals surface area contributed by atoms with Crippen molar-refractivity contribution >= 4 is 29.0 Å². The van der Waals surface area contributed by atoms with Crippen LogP contribution in [0.15, 0.2) is 63.9 Å². The van der Waals surface area contributed by atoms with Gasteiger partial charge in [0.05, 0.1) is 17.1 Å². The first-order valence-electron chi connectivity index (χ1n) is 7.00. The maximum Gasteiger partial charge on any atom is 0.183 e. The Kier molecular flexibility index (Phi) is 4.11. The second-order valence-corrected chi connectivity index (χ2v) is 6.40. The molecule has 0 bridgehead atoms. The van der Waals surface area contributed by atoms with E-state index >= 15 is 0 Å². The molecule has 0 saturated heterocycles. The second-order valence-electron chi connectivity index (χ2n) is 5.59. The van der Waals surface area contributed by atoms with E-state index in [1.165, 1.54) is 0 Å². The van der Waals surface area contributed by atoms with E-state index in [-0.39, 0.29) is 10.9 Å². The van der Waals surface area contributed by atoms with Gasteiger partial charge < -0.3 is 5.32 Å². The lowest BCUT2D eigenvalue weighted by molar-refractivity contribution is 0.476. The van der Waals surface area contributed by atoms with Crippen LogP contribution < -0.4 is 5.32 Å². The Balaban J connectivity index is 1.90. The van der Waals surface area contributed by atoms with Crippen molar-refractivity contribution in [2.75, 3.05) is 0 Å². The minimum absolute atomic E-state index is 0.139. The molecule has 1 heterocycles. The Morgan fingerprint density at radius 2 is 2.00 bits per heavy atom. The first-order valence-corrected chi connectivity index (χ1v) is 7.75. The predicted molar refractivity (Wildman–Crippen MR) is 90.0 cm³/mol. The summed E-state index contributed by atoms with van der Waals surface area (Å²) in [6, 6.07) is 7.32. The van der Waals surface area contributed by atoms with Crippen LogP contribution in [-0.4, -0.2) is 11.4 Å². The normalized spacial score (nSPS) is 25.8. The van der Waals surface area contributed by atoms with Crippen LogP contribution in [-0.2, 0) is 6.54 Å². The molecule has 0 aromatic heterocycles. The van der Waals surface area contributed by atoms with E-state index in [9.17, 15) is 4.39 Å². The predicted octanol–water partition coefficient (Wildman–Crippen LogP) is 4.91. The van der Waals surface area contributed by atoms with Crippen molar-refractivity contribution in [3.8, 4) is 0 Å². The molecule has 1 aliphatic heterocycles. The quantitative estimate of drug-likeness (QED) is 0.815. The van der Waals surface area contributed by atoms with Crippen LogP contribution in [0, 0.1) is 0 Å². The monoisotopic (exact) mass is 336 g/mol. The molecule has 2 nitrogen and oxygen atoms in total. The Bertz CT molecular complexity index is 717. The largest absolute Gasteiger partial charge is 0.358 e. The topological polar surface area (TPSA) is 24.4 Å². The number of amidine groups is 1. The molecular formula is C17H15Cl2FN2. The number of nitrogens with zero attached hydrogens (tertiary/aromatic N) is 1. The Hall–Kier alpha value is -1.58. The van der Waals surface area contributed by atoms with Gasteiger partial charge in [-0.1, -0.05) is 53.6 Å². The van der Waals surface area contributed by atoms with Gasteiger partial charge in [-0.25, -0.2) is 4.39 Å². The van der Waals surface area contributed by atoms with Crippen LogP contribution in [0.4, 0.5) is 4.39 Å². The second kappa shape index (κ2) is 5.90. The standard InChI is InChI=1S/C17H15Cl2FN2/c1-17-9-3-2-4-13(17)14(19)15(20)16(22-17)21-10-11-5-7-12(18)8-6-11/h2-8H,9-10H2,1H3,(H,21,22). The van der Waals surface area contributed by atoms with Gasteiger partial charge in [-0.3, -0.25) is 4.99 Å². The molecule has 0 saturated carbocycles. The van der Waals surface area contributed by atoms with Crippen LogP contribution in [0.1, 0.15) is 18.9 Å². The summed E-state index contributed by atoms with van der Waals surface area (Å²) in [7, 11) is 0. The fourth-order valence-electron chi connectivity index (χ4n) is 2.60. The van der Waals surface area contributed by atoms with Crippen LogP contribution in [0.25, 0.3) is 0 Å². The van der Waals surface area contributed by atoms with Gasteiger partial charge in [0.15, 0.2) is 11.7 Å². The van der Waals surface area contributed by atoms with Crippen molar-refractivity contribution in [2.24, 2.45) is 4.99 Å². The SMILES string of the molecule is CC12CC=CC=C1C(Cl)=C(F)C(=NCc1ccc(Cl)cc1)N2. The summed E-state index contributed by atoms with van der Waals surface area (Å²) in [5.74, 6) is -0.301. The van der Waals surface area contributed by atoms with Gasteiger partial charge in [0, 0.05) is 5.02 Å². The number of benzene rings is 1. The molecule has 2 aliphatic rings. The highest BCUT2D eigenvalue weighted by Gasteiger charge is 2.38. The molecule has 1 aromatic rings. The Morgan fingerprint density at radius 1 is 1.27 bits per heavy atom. The lowest BCUT2D eigenvalue weighted by atomic mass is 9.82. The number of allylic oxidation sites excluding steroid dienone is 2. The highest BCUT2D eigenvalue weighted by molar-refractivity contribution is 6.35. The highest BCUT2D eigenvalue weighted by Crippen LogP contribution is 2.38. The van der Waals surface area contributed by atoms with E-state index < -0.39 is 11.4 Å². The number of aliphatic imine (C=N–C) groups is 1. The van der Waals surface area contributed by atoms with Gasteiger partial charge in [0.25, 0.3) is 0 Å². The summed E-state index contributed by atoms with van der Waals surface area (Å²) < 4.78 is 14.4. The third-order valence-corrected chi connectivity index (χ3v) is 4.51. The van der Waals surface area contributed by atoms with Crippen molar-refractivity contribution in [1.29, 1.82) is 0 Å². The summed E-state index contributed by atoms with van der Waals surface area (Å²) in [6.07, 6.45) is 6.50. The van der Waals surface area contributed by atoms with Gasteiger partial charge >= 0.3 is 0 Å². The molecule has 1 N–H and O–H groups in total. The minimum atomic E-state index is -0.505. The van der Waals surface area contributed by atoms with E-state index in [1.807, 2.05) is 37.3 Å². The van der Waals surface area contributed by atoms with Crippen LogP contribution in [0.3, 0.4) is 0 Å². The summed E-state index contributed by atoms with van der Waals surface area (Å²) >= 11 is 12.0. The highest BCUT2D eigenvalue weighted by atomic mass is 35.5. The fraction of sp³-hybridized carbons (Fsp3) is 0.235. The summed E-state index contributed by atoms with van der Waals surface area (Å²) in [5, 5.41) is 3.98. The average molecular weight is 337 g/mol. The summed E-state index contributed by atoms with van der Waals surface area (Å²) in [4.78, 5) is 4.34. The van der Waals surface area contributed by atoms with Gasteiger partial charge in [-0.05, 0) is 36.6 Å². The molecule has 0 spiro atoms. The van der Waals surface area contributed by atoms with Crippen molar-refractivity contribution in [3.05, 3.63) is 69.5 Å². The molecule has 5 heteroatoms. The van der Waals surface area contributed by atoms with Gasteiger partial charge in [0.1, 0.15) is 0 Å². The van der Waals surface area contributed by atoms with Crippen LogP contribution >= 0.6 is 23.2 Å². The van der Waals surface area contributed by atoms with E-state index in [0.29, 0.717) is 11.6 Å². The molecule has 1 atom stereocenters. The molecule has 114 valence electrons. The molecule has 0 fully saturated rings. The molecule has 1 unspecified atom stereocenters. The van der Waals surface area contributed by atoms with E-state index in [4.69, 9.17) is 23.2 Å². The van der Waals surface area contributed by atoms with Gasteiger partial charge in [-0.2, -0.15) is 0 Å². The zero-order chi connectivity index (χ0) is 15.7. The van der Waals surface area contributed by atoms with E-state index in [1.54, 1.807) is 12.1 Å². The number of nitrogens with one attached hydrogen (secondary N) is 1. The zero-order valence-corrected chi connectivity index (χ0v) is 13.5. The summed E-state index contributed by atoms with van der Waals surface area (Å²) in [6.45, 7) is 2.36. The van der Waals surface area contributed by atoms with Crippen LogP contribution in [0.2, 0.25) is 5.02 Å². The number of halogens is 3. The third-order valence-electron chi connectivity index (χ3n) is 3.88. The summed E-state index contributed by atoms with van der Waals surface area (Å²) in [5.41, 5.74) is 1.30. The van der Waals surface area contributed by atoms with Crippen molar-refractivity contribution in [1.82, 2.24) is 5.32 Å². The smallest absolute Gasteiger partial charge is 0.183 e. The Labute approximate surface area is 139 Å². The Morgan fingerprint density at radius 3 is 2.73 bits per heavy atom. The molecule has 1 aliphatic carbocycles. The lowest BCUT2D eigenvalue weighted by Crippen LogP contribution is -2.51. The molecule has 1 aromatic carbocycles. The maximum absolute atomic E-state index is 14.4. The molecular weight excluding hydrogens is 322 g/mol. The molecule has 0 radical (unpaired) electrons. The first kappa shape index (κ1) is 15.3.